The van der Waals surface area contributed by atoms with Crippen LogP contribution in [0.3, 0.4) is 0 Å². The first-order chi connectivity index (χ1) is 6.47. The molecule has 0 aromatic carbocycles. The molecule has 5 heteroatoms. The molecule has 0 aliphatic carbocycles. The molecule has 0 radical (unpaired) electrons. The molecule has 0 bridgehead atoms. The van der Waals surface area contributed by atoms with Gasteiger partial charge in [0.2, 0.25) is 0 Å². The highest BCUT2D eigenvalue weighted by Gasteiger charge is 2.29. The van der Waals surface area contributed by atoms with E-state index in [0.29, 0.717) is 5.69 Å². The number of nitrogens with zero attached hydrogens (tertiary/aromatic N) is 1. The fourth-order valence-electron chi connectivity index (χ4n) is 0.648. The average molecular weight is 223 g/mol. The Morgan fingerprint density at radius 1 is 1.21 bits per heavy atom. The lowest BCUT2D eigenvalue weighted by Crippen LogP contribution is -1.99. The fraction of sp³-hybridized carbons (Fsp3) is 0.444. The van der Waals surface area contributed by atoms with Gasteiger partial charge >= 0.3 is 5.51 Å². The Labute approximate surface area is 85.7 Å². The monoisotopic (exact) mass is 223 g/mol. The highest BCUT2D eigenvalue weighted by atomic mass is 32.2. The Kier molecular flexibility index (Phi) is 5.60. The van der Waals surface area contributed by atoms with Gasteiger partial charge in [-0.1, -0.05) is 13.8 Å². The maximum atomic E-state index is 11.8. The molecule has 0 aliphatic heterocycles. The number of hydrogen-bond donors (Lipinski definition) is 0. The van der Waals surface area contributed by atoms with Crippen molar-refractivity contribution < 1.29 is 13.2 Å². The van der Waals surface area contributed by atoms with E-state index >= 15 is 0 Å². The van der Waals surface area contributed by atoms with Crippen LogP contribution >= 0.6 is 11.8 Å². The second kappa shape index (κ2) is 5.90. The minimum absolute atomic E-state index is 0.119. The number of aryl methyl sites for hydroxylation is 1. The molecular formula is C9H12F3NS. The SMILES string of the molecule is CC.Cc1ccc(SC(F)(F)F)cn1. The second-order valence-corrected chi connectivity index (χ2v) is 3.32. The minimum atomic E-state index is -4.23. The summed E-state index contributed by atoms with van der Waals surface area (Å²) >= 11 is -0.153. The number of thioether (sulfide) groups is 1. The molecule has 0 spiro atoms. The molecule has 0 amide bonds. The van der Waals surface area contributed by atoms with Gasteiger partial charge in [0.1, 0.15) is 0 Å². The van der Waals surface area contributed by atoms with Crippen LogP contribution in [0.1, 0.15) is 19.5 Å². The van der Waals surface area contributed by atoms with Gasteiger partial charge < -0.3 is 0 Å². The molecule has 1 heterocycles. The first kappa shape index (κ1) is 13.3. The number of alkyl halides is 3. The first-order valence-corrected chi connectivity index (χ1v) is 4.97. The molecule has 80 valence electrons. The predicted octanol–water partition coefficient (Wildman–Crippen LogP) is 4.03. The smallest absolute Gasteiger partial charge is 0.260 e. The van der Waals surface area contributed by atoms with Crippen molar-refractivity contribution >= 4 is 11.8 Å². The number of rotatable bonds is 1. The molecule has 1 aromatic rings. The highest BCUT2D eigenvalue weighted by Crippen LogP contribution is 2.36. The van der Waals surface area contributed by atoms with Crippen molar-refractivity contribution in [3.05, 3.63) is 24.0 Å². The zero-order chi connectivity index (χ0) is 11.2. The summed E-state index contributed by atoms with van der Waals surface area (Å²) in [5.41, 5.74) is -3.52. The molecular weight excluding hydrogens is 211 g/mol. The van der Waals surface area contributed by atoms with Gasteiger partial charge in [-0.15, -0.1) is 0 Å². The summed E-state index contributed by atoms with van der Waals surface area (Å²) in [7, 11) is 0. The fourth-order valence-corrected chi connectivity index (χ4v) is 1.16. The van der Waals surface area contributed by atoms with Crippen LogP contribution in [0.5, 0.6) is 0 Å². The third kappa shape index (κ3) is 5.85. The van der Waals surface area contributed by atoms with Gasteiger partial charge in [-0.25, -0.2) is 0 Å². The Morgan fingerprint density at radius 2 is 1.79 bits per heavy atom. The van der Waals surface area contributed by atoms with Crippen molar-refractivity contribution in [1.29, 1.82) is 0 Å². The number of hydrogen-bond acceptors (Lipinski definition) is 2. The standard InChI is InChI=1S/C7H6F3NS.C2H6/c1-5-2-3-6(4-11-5)12-7(8,9)10;1-2/h2-4H,1H3;1-2H3. The molecule has 0 atom stereocenters. The maximum Gasteiger partial charge on any atom is 0.446 e. The van der Waals surface area contributed by atoms with Crippen LogP contribution < -0.4 is 0 Å². The van der Waals surface area contributed by atoms with Crippen LogP contribution in [-0.4, -0.2) is 10.5 Å². The normalized spacial score (nSPS) is 10.4. The molecule has 0 fully saturated rings. The molecule has 1 aromatic heterocycles. The summed E-state index contributed by atoms with van der Waals surface area (Å²) in [6, 6.07) is 2.95. The topological polar surface area (TPSA) is 12.9 Å². The van der Waals surface area contributed by atoms with Gasteiger partial charge in [0.05, 0.1) is 0 Å². The molecule has 14 heavy (non-hydrogen) atoms. The Morgan fingerprint density at radius 3 is 2.14 bits per heavy atom. The summed E-state index contributed by atoms with van der Waals surface area (Å²) in [6.45, 7) is 5.72. The minimum Gasteiger partial charge on any atom is -0.260 e. The second-order valence-electron chi connectivity index (χ2n) is 2.18. The maximum absolute atomic E-state index is 11.8. The van der Waals surface area contributed by atoms with Crippen molar-refractivity contribution in [3.8, 4) is 0 Å². The van der Waals surface area contributed by atoms with Crippen LogP contribution in [0, 0.1) is 6.92 Å². The summed E-state index contributed by atoms with van der Waals surface area (Å²) in [4.78, 5) is 3.86. The van der Waals surface area contributed by atoms with Crippen LogP contribution in [-0.2, 0) is 0 Å². The van der Waals surface area contributed by atoms with Crippen molar-refractivity contribution in [2.45, 2.75) is 31.2 Å². The van der Waals surface area contributed by atoms with Crippen LogP contribution in [0.2, 0.25) is 0 Å². The van der Waals surface area contributed by atoms with E-state index in [1.807, 2.05) is 13.8 Å². The molecule has 1 nitrogen and oxygen atoms in total. The summed E-state index contributed by atoms with van der Waals surface area (Å²) in [6.07, 6.45) is 1.22. The van der Waals surface area contributed by atoms with Gasteiger partial charge in [0, 0.05) is 16.8 Å². The molecule has 0 saturated carbocycles. The largest absolute Gasteiger partial charge is 0.446 e. The van der Waals surface area contributed by atoms with Gasteiger partial charge in [0.25, 0.3) is 0 Å². The number of aromatic nitrogens is 1. The van der Waals surface area contributed by atoms with E-state index in [0.717, 1.165) is 0 Å². The van der Waals surface area contributed by atoms with E-state index in [9.17, 15) is 13.2 Å². The van der Waals surface area contributed by atoms with E-state index in [-0.39, 0.29) is 16.7 Å². The number of halogens is 3. The van der Waals surface area contributed by atoms with Crippen molar-refractivity contribution in [3.63, 3.8) is 0 Å². The molecule has 0 aliphatic rings. The Balaban J connectivity index is 0.000000791. The molecule has 1 rings (SSSR count). The highest BCUT2D eigenvalue weighted by molar-refractivity contribution is 8.00. The third-order valence-electron chi connectivity index (χ3n) is 1.12. The van der Waals surface area contributed by atoms with Crippen molar-refractivity contribution in [2.24, 2.45) is 0 Å². The lowest BCUT2D eigenvalue weighted by molar-refractivity contribution is -0.0328. The lowest BCUT2D eigenvalue weighted by atomic mass is 10.4. The van der Waals surface area contributed by atoms with Crippen LogP contribution in [0.15, 0.2) is 23.2 Å². The number of pyridine rings is 1. The van der Waals surface area contributed by atoms with Gasteiger partial charge in [-0.05, 0) is 30.8 Å². The Bertz CT molecular complexity index is 256. The summed E-state index contributed by atoms with van der Waals surface area (Å²) < 4.78 is 35.3. The summed E-state index contributed by atoms with van der Waals surface area (Å²) in [5, 5.41) is 0. The Hall–Kier alpha value is -0.710. The molecule has 0 N–H and O–H groups in total. The van der Waals surface area contributed by atoms with Crippen LogP contribution in [0.25, 0.3) is 0 Å². The van der Waals surface area contributed by atoms with Crippen molar-refractivity contribution in [2.75, 3.05) is 0 Å². The van der Waals surface area contributed by atoms with E-state index in [2.05, 4.69) is 4.98 Å². The van der Waals surface area contributed by atoms with Gasteiger partial charge in [-0.3, -0.25) is 4.98 Å². The van der Waals surface area contributed by atoms with Crippen molar-refractivity contribution in [1.82, 2.24) is 4.98 Å². The predicted molar refractivity (Wildman–Crippen MR) is 52.2 cm³/mol. The molecule has 0 unspecified atom stereocenters. The van der Waals surface area contributed by atoms with E-state index in [1.165, 1.54) is 12.3 Å². The van der Waals surface area contributed by atoms with Gasteiger partial charge in [0.15, 0.2) is 0 Å². The molecule has 0 saturated heterocycles. The third-order valence-corrected chi connectivity index (χ3v) is 1.83. The zero-order valence-electron chi connectivity index (χ0n) is 8.22. The lowest BCUT2D eigenvalue weighted by Gasteiger charge is -2.04. The van der Waals surface area contributed by atoms with Gasteiger partial charge in [-0.2, -0.15) is 13.2 Å². The summed E-state index contributed by atoms with van der Waals surface area (Å²) in [5.74, 6) is 0. The van der Waals surface area contributed by atoms with Crippen LogP contribution in [0.4, 0.5) is 13.2 Å². The van der Waals surface area contributed by atoms with E-state index < -0.39 is 5.51 Å². The zero-order valence-corrected chi connectivity index (χ0v) is 9.04. The van der Waals surface area contributed by atoms with E-state index in [4.69, 9.17) is 0 Å². The van der Waals surface area contributed by atoms with E-state index in [1.54, 1.807) is 13.0 Å². The average Bonchev–Trinajstić information content (AvgIpc) is 2.10. The quantitative estimate of drug-likeness (QED) is 0.667. The first-order valence-electron chi connectivity index (χ1n) is 4.16.